The van der Waals surface area contributed by atoms with Crippen LogP contribution in [-0.2, 0) is 0 Å². The number of hydrogen-bond acceptors (Lipinski definition) is 2. The summed E-state index contributed by atoms with van der Waals surface area (Å²) in [5, 5.41) is 3.20. The summed E-state index contributed by atoms with van der Waals surface area (Å²) in [6, 6.07) is 4.84. The minimum atomic E-state index is 0.499. The molecule has 0 aliphatic heterocycles. The number of hydrogen-bond donors (Lipinski definition) is 1. The Morgan fingerprint density at radius 3 is 2.60 bits per heavy atom. The van der Waals surface area contributed by atoms with Gasteiger partial charge in [0.1, 0.15) is 0 Å². The summed E-state index contributed by atoms with van der Waals surface area (Å²) >= 11 is 1.86. The Hall–Kier alpha value is -0.340. The lowest BCUT2D eigenvalue weighted by molar-refractivity contribution is 0.664. The maximum Gasteiger partial charge on any atom is 0.0383 e. The van der Waals surface area contributed by atoms with E-state index >= 15 is 0 Å². The highest BCUT2D eigenvalue weighted by atomic mass is 32.1. The number of thiophene rings is 1. The van der Waals surface area contributed by atoms with E-state index in [2.05, 4.69) is 31.3 Å². The van der Waals surface area contributed by atoms with Crippen molar-refractivity contribution in [3.8, 4) is 0 Å². The molecular weight excluding hydrogens is 142 g/mol. The molecule has 1 nitrogen and oxygen atoms in total. The Balaban J connectivity index is 2.74. The summed E-state index contributed by atoms with van der Waals surface area (Å²) in [7, 11) is 1.99. The summed E-state index contributed by atoms with van der Waals surface area (Å²) in [4.78, 5) is 2.80. The standard InChI is InChI=1S/C8H13NS/c1-6-4-5-8(10-6)7(2)9-3/h4-5,7,9H,1-3H3. The molecule has 0 aromatic carbocycles. The topological polar surface area (TPSA) is 12.0 Å². The van der Waals surface area contributed by atoms with Gasteiger partial charge in [-0.25, -0.2) is 0 Å². The average Bonchev–Trinajstić information content (AvgIpc) is 2.34. The zero-order chi connectivity index (χ0) is 7.56. The molecule has 1 heterocycles. The SMILES string of the molecule is CNC(C)c1ccc(C)s1. The van der Waals surface area contributed by atoms with E-state index in [0.717, 1.165) is 0 Å². The van der Waals surface area contributed by atoms with Crippen molar-refractivity contribution < 1.29 is 0 Å². The molecule has 0 fully saturated rings. The van der Waals surface area contributed by atoms with Gasteiger partial charge in [0, 0.05) is 15.8 Å². The van der Waals surface area contributed by atoms with Gasteiger partial charge >= 0.3 is 0 Å². The Morgan fingerprint density at radius 2 is 2.20 bits per heavy atom. The van der Waals surface area contributed by atoms with Gasteiger partial charge in [-0.15, -0.1) is 11.3 Å². The third-order valence-electron chi connectivity index (χ3n) is 1.62. The molecule has 1 rings (SSSR count). The normalized spacial score (nSPS) is 13.5. The molecule has 0 spiro atoms. The second kappa shape index (κ2) is 3.17. The zero-order valence-electron chi connectivity index (χ0n) is 6.64. The van der Waals surface area contributed by atoms with Crippen molar-refractivity contribution in [1.82, 2.24) is 5.32 Å². The highest BCUT2D eigenvalue weighted by Gasteiger charge is 2.02. The molecule has 0 aliphatic carbocycles. The van der Waals surface area contributed by atoms with E-state index in [4.69, 9.17) is 0 Å². The first-order chi connectivity index (χ1) is 4.74. The molecule has 0 saturated carbocycles. The summed E-state index contributed by atoms with van der Waals surface area (Å²) < 4.78 is 0. The van der Waals surface area contributed by atoms with Gasteiger partial charge in [-0.05, 0) is 33.0 Å². The lowest BCUT2D eigenvalue weighted by atomic mass is 10.3. The first kappa shape index (κ1) is 7.76. The van der Waals surface area contributed by atoms with Crippen LogP contribution in [0.1, 0.15) is 22.7 Å². The van der Waals surface area contributed by atoms with Crippen molar-refractivity contribution in [3.05, 3.63) is 21.9 Å². The molecule has 1 N–H and O–H groups in total. The van der Waals surface area contributed by atoms with Gasteiger partial charge in [0.15, 0.2) is 0 Å². The Labute approximate surface area is 66.1 Å². The summed E-state index contributed by atoms with van der Waals surface area (Å²) in [6.07, 6.45) is 0. The fourth-order valence-electron chi connectivity index (χ4n) is 0.828. The highest BCUT2D eigenvalue weighted by Crippen LogP contribution is 2.21. The Bertz CT molecular complexity index is 205. The maximum absolute atomic E-state index is 3.20. The van der Waals surface area contributed by atoms with E-state index < -0.39 is 0 Å². The zero-order valence-corrected chi connectivity index (χ0v) is 7.46. The summed E-state index contributed by atoms with van der Waals surface area (Å²) in [5.41, 5.74) is 0. The van der Waals surface area contributed by atoms with Crippen LogP contribution in [0.25, 0.3) is 0 Å². The molecule has 0 bridgehead atoms. The number of aryl methyl sites for hydroxylation is 1. The van der Waals surface area contributed by atoms with E-state index in [9.17, 15) is 0 Å². The van der Waals surface area contributed by atoms with Crippen LogP contribution in [0.2, 0.25) is 0 Å². The molecule has 10 heavy (non-hydrogen) atoms. The molecule has 1 aromatic heterocycles. The van der Waals surface area contributed by atoms with Crippen molar-refractivity contribution in [2.45, 2.75) is 19.9 Å². The fraction of sp³-hybridized carbons (Fsp3) is 0.500. The lowest BCUT2D eigenvalue weighted by Gasteiger charge is -2.05. The fourth-order valence-corrected chi connectivity index (χ4v) is 1.77. The largest absolute Gasteiger partial charge is 0.313 e. The average molecular weight is 155 g/mol. The third-order valence-corrected chi connectivity index (χ3v) is 2.80. The van der Waals surface area contributed by atoms with Crippen LogP contribution < -0.4 is 5.32 Å². The highest BCUT2D eigenvalue weighted by molar-refractivity contribution is 7.12. The van der Waals surface area contributed by atoms with Gasteiger partial charge in [0.2, 0.25) is 0 Å². The Kier molecular flexibility index (Phi) is 2.46. The van der Waals surface area contributed by atoms with Gasteiger partial charge in [-0.3, -0.25) is 0 Å². The van der Waals surface area contributed by atoms with Crippen molar-refractivity contribution in [2.75, 3.05) is 7.05 Å². The molecule has 0 saturated heterocycles. The van der Waals surface area contributed by atoms with Crippen LogP contribution in [0.5, 0.6) is 0 Å². The van der Waals surface area contributed by atoms with Crippen molar-refractivity contribution in [2.24, 2.45) is 0 Å². The quantitative estimate of drug-likeness (QED) is 0.691. The number of nitrogens with one attached hydrogen (secondary N) is 1. The van der Waals surface area contributed by atoms with Gasteiger partial charge in [0.25, 0.3) is 0 Å². The van der Waals surface area contributed by atoms with E-state index in [1.807, 2.05) is 18.4 Å². The van der Waals surface area contributed by atoms with Gasteiger partial charge in [-0.1, -0.05) is 0 Å². The molecule has 56 valence electrons. The van der Waals surface area contributed by atoms with Gasteiger partial charge < -0.3 is 5.32 Å². The molecule has 1 atom stereocenters. The molecule has 1 unspecified atom stereocenters. The number of rotatable bonds is 2. The summed E-state index contributed by atoms with van der Waals surface area (Å²) in [5.74, 6) is 0. The van der Waals surface area contributed by atoms with E-state index in [1.54, 1.807) is 0 Å². The minimum Gasteiger partial charge on any atom is -0.313 e. The van der Waals surface area contributed by atoms with Crippen LogP contribution in [-0.4, -0.2) is 7.05 Å². The van der Waals surface area contributed by atoms with Crippen LogP contribution in [0.4, 0.5) is 0 Å². The van der Waals surface area contributed by atoms with Crippen LogP contribution in [0, 0.1) is 6.92 Å². The van der Waals surface area contributed by atoms with E-state index in [-0.39, 0.29) is 0 Å². The van der Waals surface area contributed by atoms with E-state index in [1.165, 1.54) is 9.75 Å². The predicted molar refractivity (Wildman–Crippen MR) is 46.5 cm³/mol. The third kappa shape index (κ3) is 1.58. The molecule has 1 aromatic rings. The van der Waals surface area contributed by atoms with Crippen LogP contribution >= 0.6 is 11.3 Å². The first-order valence-electron chi connectivity index (χ1n) is 3.47. The predicted octanol–water partition coefficient (Wildman–Crippen LogP) is 2.34. The Morgan fingerprint density at radius 1 is 1.50 bits per heavy atom. The van der Waals surface area contributed by atoms with Crippen LogP contribution in [0.3, 0.4) is 0 Å². The van der Waals surface area contributed by atoms with Crippen molar-refractivity contribution in [1.29, 1.82) is 0 Å². The first-order valence-corrected chi connectivity index (χ1v) is 4.29. The van der Waals surface area contributed by atoms with E-state index in [0.29, 0.717) is 6.04 Å². The van der Waals surface area contributed by atoms with Gasteiger partial charge in [-0.2, -0.15) is 0 Å². The van der Waals surface area contributed by atoms with Gasteiger partial charge in [0.05, 0.1) is 0 Å². The molecular formula is C8H13NS. The lowest BCUT2D eigenvalue weighted by Crippen LogP contribution is -2.10. The van der Waals surface area contributed by atoms with Crippen molar-refractivity contribution >= 4 is 11.3 Å². The smallest absolute Gasteiger partial charge is 0.0383 e. The molecule has 0 aliphatic rings. The maximum atomic E-state index is 3.20. The molecule has 0 radical (unpaired) electrons. The second-order valence-electron chi connectivity index (χ2n) is 2.46. The van der Waals surface area contributed by atoms with Crippen molar-refractivity contribution in [3.63, 3.8) is 0 Å². The summed E-state index contributed by atoms with van der Waals surface area (Å²) in [6.45, 7) is 4.31. The monoisotopic (exact) mass is 155 g/mol. The molecule has 2 heteroatoms. The molecule has 0 amide bonds. The van der Waals surface area contributed by atoms with Crippen LogP contribution in [0.15, 0.2) is 12.1 Å². The minimum absolute atomic E-state index is 0.499. The second-order valence-corrected chi connectivity index (χ2v) is 3.78.